The normalized spacial score (nSPS) is 23.4. The largest absolute Gasteiger partial charge is 0.326 e. The van der Waals surface area contributed by atoms with Gasteiger partial charge in [0.25, 0.3) is 0 Å². The minimum atomic E-state index is 0.124. The van der Waals surface area contributed by atoms with E-state index in [0.717, 1.165) is 17.9 Å². The zero-order valence-corrected chi connectivity index (χ0v) is 14.0. The Balaban J connectivity index is 1.51. The lowest BCUT2D eigenvalue weighted by Gasteiger charge is -2.20. The molecule has 2 aliphatic heterocycles. The zero-order valence-electron chi connectivity index (χ0n) is 13.1. The molecular formula is C19H20N2OS. The first-order chi connectivity index (χ1) is 11.2. The quantitative estimate of drug-likeness (QED) is 0.878. The minimum absolute atomic E-state index is 0.124. The van der Waals surface area contributed by atoms with E-state index in [4.69, 9.17) is 0 Å². The predicted octanol–water partition coefficient (Wildman–Crippen LogP) is 3.96. The van der Waals surface area contributed by atoms with Gasteiger partial charge < -0.3 is 5.32 Å². The van der Waals surface area contributed by atoms with Crippen molar-refractivity contribution in [1.82, 2.24) is 5.32 Å². The van der Waals surface area contributed by atoms with Gasteiger partial charge in [-0.05, 0) is 36.1 Å². The average molecular weight is 324 g/mol. The van der Waals surface area contributed by atoms with E-state index in [0.29, 0.717) is 17.8 Å². The summed E-state index contributed by atoms with van der Waals surface area (Å²) in [6, 6.07) is 15.6. The summed E-state index contributed by atoms with van der Waals surface area (Å²) < 4.78 is 0. The van der Waals surface area contributed by atoms with Gasteiger partial charge in [-0.15, -0.1) is 11.8 Å². The number of carbonyl (C=O) groups excluding carboxylic acids is 1. The van der Waals surface area contributed by atoms with Gasteiger partial charge >= 0.3 is 0 Å². The molecule has 2 N–H and O–H groups in total. The number of carbonyl (C=O) groups is 1. The smallest absolute Gasteiger partial charge is 0.224 e. The van der Waals surface area contributed by atoms with Crippen LogP contribution in [0.25, 0.3) is 0 Å². The SMILES string of the molecule is Cc1ccc(C2NC(c3ccc4c(c3)CCC(=O)N4)CS2)cc1. The fourth-order valence-electron chi connectivity index (χ4n) is 3.22. The molecular weight excluding hydrogens is 304 g/mol. The number of fused-ring (bicyclic) bond motifs is 1. The highest BCUT2D eigenvalue weighted by Gasteiger charge is 2.27. The minimum Gasteiger partial charge on any atom is -0.326 e. The molecule has 0 aromatic heterocycles. The van der Waals surface area contributed by atoms with Gasteiger partial charge in [0.05, 0.1) is 5.37 Å². The Kier molecular flexibility index (Phi) is 3.87. The maximum Gasteiger partial charge on any atom is 0.224 e. The third-order valence-corrected chi connectivity index (χ3v) is 5.86. The Labute approximate surface area is 140 Å². The summed E-state index contributed by atoms with van der Waals surface area (Å²) in [4.78, 5) is 11.5. The number of hydrogen-bond donors (Lipinski definition) is 2. The molecule has 118 valence electrons. The van der Waals surface area contributed by atoms with E-state index >= 15 is 0 Å². The van der Waals surface area contributed by atoms with Crippen molar-refractivity contribution in [2.24, 2.45) is 0 Å². The molecule has 0 bridgehead atoms. The maximum atomic E-state index is 11.5. The van der Waals surface area contributed by atoms with Gasteiger partial charge in [0, 0.05) is 23.9 Å². The van der Waals surface area contributed by atoms with Crippen molar-refractivity contribution in [2.75, 3.05) is 11.1 Å². The molecule has 3 nitrogen and oxygen atoms in total. The number of rotatable bonds is 2. The third-order valence-electron chi connectivity index (χ3n) is 4.59. The second-order valence-electron chi connectivity index (χ2n) is 6.31. The van der Waals surface area contributed by atoms with E-state index in [9.17, 15) is 4.79 Å². The van der Waals surface area contributed by atoms with Crippen LogP contribution in [0.1, 0.15) is 40.1 Å². The van der Waals surface area contributed by atoms with Crippen LogP contribution in [-0.2, 0) is 11.2 Å². The average Bonchev–Trinajstić information content (AvgIpc) is 3.05. The highest BCUT2D eigenvalue weighted by Crippen LogP contribution is 2.39. The summed E-state index contributed by atoms with van der Waals surface area (Å²) in [5, 5.41) is 7.04. The summed E-state index contributed by atoms with van der Waals surface area (Å²) in [5.74, 6) is 1.20. The van der Waals surface area contributed by atoms with Crippen molar-refractivity contribution in [1.29, 1.82) is 0 Å². The molecule has 0 saturated carbocycles. The molecule has 1 saturated heterocycles. The molecule has 2 aliphatic rings. The van der Waals surface area contributed by atoms with E-state index in [1.54, 1.807) is 0 Å². The Hall–Kier alpha value is -1.78. The topological polar surface area (TPSA) is 41.1 Å². The van der Waals surface area contributed by atoms with E-state index < -0.39 is 0 Å². The van der Waals surface area contributed by atoms with Crippen LogP contribution in [0.15, 0.2) is 42.5 Å². The summed E-state index contributed by atoms with van der Waals surface area (Å²) >= 11 is 1.96. The number of hydrogen-bond acceptors (Lipinski definition) is 3. The monoisotopic (exact) mass is 324 g/mol. The van der Waals surface area contributed by atoms with Gasteiger partial charge in [-0.2, -0.15) is 0 Å². The number of thioether (sulfide) groups is 1. The molecule has 2 heterocycles. The van der Waals surface area contributed by atoms with Gasteiger partial charge in [0.15, 0.2) is 0 Å². The zero-order chi connectivity index (χ0) is 15.8. The van der Waals surface area contributed by atoms with Crippen molar-refractivity contribution in [2.45, 2.75) is 31.2 Å². The molecule has 0 aliphatic carbocycles. The molecule has 0 radical (unpaired) electrons. The molecule has 4 heteroatoms. The summed E-state index contributed by atoms with van der Waals surface area (Å²) in [5.41, 5.74) is 6.19. The fraction of sp³-hybridized carbons (Fsp3) is 0.316. The molecule has 2 aromatic carbocycles. The van der Waals surface area contributed by atoms with E-state index in [2.05, 4.69) is 54.0 Å². The Bertz CT molecular complexity index is 742. The van der Waals surface area contributed by atoms with Crippen molar-refractivity contribution in [3.63, 3.8) is 0 Å². The first-order valence-electron chi connectivity index (χ1n) is 8.06. The highest BCUT2D eigenvalue weighted by molar-refractivity contribution is 7.99. The molecule has 2 aromatic rings. The number of benzene rings is 2. The van der Waals surface area contributed by atoms with Gasteiger partial charge in [0.2, 0.25) is 5.91 Å². The highest BCUT2D eigenvalue weighted by atomic mass is 32.2. The summed E-state index contributed by atoms with van der Waals surface area (Å²) in [6.45, 7) is 2.12. The number of anilines is 1. The maximum absolute atomic E-state index is 11.5. The lowest BCUT2D eigenvalue weighted by Crippen LogP contribution is -2.21. The van der Waals surface area contributed by atoms with Crippen molar-refractivity contribution < 1.29 is 4.79 Å². The fourth-order valence-corrected chi connectivity index (χ4v) is 4.50. The lowest BCUT2D eigenvalue weighted by atomic mass is 9.97. The first-order valence-corrected chi connectivity index (χ1v) is 9.11. The van der Waals surface area contributed by atoms with Crippen LogP contribution in [0, 0.1) is 6.92 Å². The van der Waals surface area contributed by atoms with Crippen molar-refractivity contribution in [3.05, 3.63) is 64.7 Å². The van der Waals surface area contributed by atoms with Gasteiger partial charge in [-0.1, -0.05) is 42.0 Å². The van der Waals surface area contributed by atoms with E-state index in [1.807, 2.05) is 17.8 Å². The van der Waals surface area contributed by atoms with Crippen LogP contribution >= 0.6 is 11.8 Å². The van der Waals surface area contributed by atoms with Crippen LogP contribution in [-0.4, -0.2) is 11.7 Å². The summed E-state index contributed by atoms with van der Waals surface area (Å²) in [7, 11) is 0. The molecule has 4 rings (SSSR count). The predicted molar refractivity (Wildman–Crippen MR) is 95.6 cm³/mol. The summed E-state index contributed by atoms with van der Waals surface area (Å²) in [6.07, 6.45) is 1.44. The van der Waals surface area contributed by atoms with Crippen molar-refractivity contribution >= 4 is 23.4 Å². The van der Waals surface area contributed by atoms with Crippen LogP contribution in [0.2, 0.25) is 0 Å². The molecule has 23 heavy (non-hydrogen) atoms. The third kappa shape index (κ3) is 3.01. The van der Waals surface area contributed by atoms with E-state index in [-0.39, 0.29) is 5.91 Å². The van der Waals surface area contributed by atoms with Crippen LogP contribution in [0.5, 0.6) is 0 Å². The number of aryl methyl sites for hydroxylation is 2. The van der Waals surface area contributed by atoms with E-state index in [1.165, 1.54) is 22.3 Å². The molecule has 2 unspecified atom stereocenters. The molecule has 2 atom stereocenters. The molecule has 1 amide bonds. The van der Waals surface area contributed by atoms with Gasteiger partial charge in [-0.3, -0.25) is 10.1 Å². The second-order valence-corrected chi connectivity index (χ2v) is 7.45. The standard InChI is InChI=1S/C19H20N2OS/c1-12-2-4-13(5-3-12)19-21-17(11-23-19)15-6-8-16-14(10-15)7-9-18(22)20-16/h2-6,8,10,17,19,21H,7,9,11H2,1H3,(H,20,22). The molecule has 0 spiro atoms. The second kappa shape index (κ2) is 6.02. The Morgan fingerprint density at radius 1 is 1.04 bits per heavy atom. The van der Waals surface area contributed by atoms with Gasteiger partial charge in [0.1, 0.15) is 0 Å². The number of amides is 1. The Morgan fingerprint density at radius 3 is 2.65 bits per heavy atom. The van der Waals surface area contributed by atoms with Crippen molar-refractivity contribution in [3.8, 4) is 0 Å². The Morgan fingerprint density at radius 2 is 1.83 bits per heavy atom. The number of nitrogens with one attached hydrogen (secondary N) is 2. The van der Waals surface area contributed by atoms with Crippen LogP contribution < -0.4 is 10.6 Å². The first kappa shape index (κ1) is 14.8. The van der Waals surface area contributed by atoms with Crippen LogP contribution in [0.3, 0.4) is 0 Å². The lowest BCUT2D eigenvalue weighted by molar-refractivity contribution is -0.116. The van der Waals surface area contributed by atoms with Gasteiger partial charge in [-0.25, -0.2) is 0 Å². The molecule has 1 fully saturated rings. The van der Waals surface area contributed by atoms with Crippen LogP contribution in [0.4, 0.5) is 5.69 Å².